The number of phenols is 1. The van der Waals surface area contributed by atoms with E-state index in [0.29, 0.717) is 5.56 Å². The number of phenolic OH excluding ortho intramolecular Hbond substituents is 1. The molecule has 23 heavy (non-hydrogen) atoms. The Hall–Kier alpha value is -2.56. The number of hydrogen-bond donors (Lipinski definition) is 1. The molecule has 0 radical (unpaired) electrons. The first-order valence-electron chi connectivity index (χ1n) is 7.60. The monoisotopic (exact) mass is 315 g/mol. The standard InChI is InChI=1S/C18H21NO4/c1-4-9-19-12(2)10-15(13(19)3)17(21)11-23-18(22)14-7-5-6-8-16(14)20/h5-8,10,20H,4,9,11H2,1-3H3. The minimum atomic E-state index is -0.709. The van der Waals surface area contributed by atoms with Gasteiger partial charge in [0.15, 0.2) is 6.61 Å². The van der Waals surface area contributed by atoms with E-state index in [2.05, 4.69) is 11.5 Å². The number of esters is 1. The highest BCUT2D eigenvalue weighted by Crippen LogP contribution is 2.18. The highest BCUT2D eigenvalue weighted by atomic mass is 16.5. The van der Waals surface area contributed by atoms with Gasteiger partial charge in [0.05, 0.1) is 0 Å². The van der Waals surface area contributed by atoms with Crippen molar-refractivity contribution in [2.24, 2.45) is 0 Å². The van der Waals surface area contributed by atoms with Gasteiger partial charge < -0.3 is 14.4 Å². The number of ether oxygens (including phenoxy) is 1. The largest absolute Gasteiger partial charge is 0.507 e. The summed E-state index contributed by atoms with van der Waals surface area (Å²) in [5.41, 5.74) is 2.52. The minimum absolute atomic E-state index is 0.0526. The first-order valence-corrected chi connectivity index (χ1v) is 7.60. The molecule has 5 heteroatoms. The zero-order valence-electron chi connectivity index (χ0n) is 13.6. The number of rotatable bonds is 6. The molecule has 0 aliphatic rings. The van der Waals surface area contributed by atoms with E-state index in [-0.39, 0.29) is 23.7 Å². The van der Waals surface area contributed by atoms with E-state index in [4.69, 9.17) is 4.74 Å². The van der Waals surface area contributed by atoms with Crippen LogP contribution in [0.15, 0.2) is 30.3 Å². The molecule has 1 heterocycles. The summed E-state index contributed by atoms with van der Waals surface area (Å²) in [6.07, 6.45) is 0.978. The molecule has 0 saturated carbocycles. The highest BCUT2D eigenvalue weighted by Gasteiger charge is 2.18. The third kappa shape index (κ3) is 3.62. The van der Waals surface area contributed by atoms with E-state index >= 15 is 0 Å². The van der Waals surface area contributed by atoms with E-state index < -0.39 is 5.97 Å². The Balaban J connectivity index is 2.07. The maximum Gasteiger partial charge on any atom is 0.342 e. The molecule has 1 aromatic carbocycles. The first kappa shape index (κ1) is 16.8. The topological polar surface area (TPSA) is 68.5 Å². The molecule has 0 aliphatic carbocycles. The number of para-hydroxylation sites is 1. The molecule has 0 amide bonds. The van der Waals surface area contributed by atoms with Crippen molar-refractivity contribution in [3.05, 3.63) is 52.8 Å². The molecular weight excluding hydrogens is 294 g/mol. The molecule has 0 aliphatic heterocycles. The van der Waals surface area contributed by atoms with Crippen molar-refractivity contribution in [3.63, 3.8) is 0 Å². The quantitative estimate of drug-likeness (QED) is 0.656. The van der Waals surface area contributed by atoms with E-state index in [0.717, 1.165) is 24.4 Å². The van der Waals surface area contributed by atoms with Crippen LogP contribution in [0, 0.1) is 13.8 Å². The van der Waals surface area contributed by atoms with Gasteiger partial charge in [0.25, 0.3) is 0 Å². The second kappa shape index (κ2) is 7.13. The zero-order valence-corrected chi connectivity index (χ0v) is 13.6. The Morgan fingerprint density at radius 2 is 1.87 bits per heavy atom. The molecule has 5 nitrogen and oxygen atoms in total. The fraction of sp³-hybridized carbons (Fsp3) is 0.333. The number of benzene rings is 1. The molecule has 0 saturated heterocycles. The Kier molecular flexibility index (Phi) is 5.21. The lowest BCUT2D eigenvalue weighted by molar-refractivity contribution is 0.0471. The molecule has 0 spiro atoms. The number of aromatic nitrogens is 1. The van der Waals surface area contributed by atoms with Crippen molar-refractivity contribution in [1.29, 1.82) is 0 Å². The van der Waals surface area contributed by atoms with Crippen LogP contribution in [0.25, 0.3) is 0 Å². The molecule has 2 aromatic rings. The molecule has 2 rings (SSSR count). The van der Waals surface area contributed by atoms with Crippen LogP contribution in [-0.2, 0) is 11.3 Å². The predicted molar refractivity (Wildman–Crippen MR) is 86.9 cm³/mol. The van der Waals surface area contributed by atoms with Gasteiger partial charge in [0, 0.05) is 23.5 Å². The summed E-state index contributed by atoms with van der Waals surface area (Å²) in [5, 5.41) is 9.62. The molecule has 1 N–H and O–H groups in total. The summed E-state index contributed by atoms with van der Waals surface area (Å²) in [6.45, 7) is 6.43. The maximum atomic E-state index is 12.3. The molecule has 0 atom stereocenters. The number of Topliss-reactive ketones (excluding diaryl/α,β-unsaturated/α-hetero) is 1. The van der Waals surface area contributed by atoms with Gasteiger partial charge in [0.2, 0.25) is 5.78 Å². The number of aromatic hydroxyl groups is 1. The predicted octanol–water partition coefficient (Wildman–Crippen LogP) is 3.26. The van der Waals surface area contributed by atoms with Crippen LogP contribution >= 0.6 is 0 Å². The molecule has 0 fully saturated rings. The summed E-state index contributed by atoms with van der Waals surface area (Å²) in [5.74, 6) is -1.12. The third-order valence-corrected chi connectivity index (χ3v) is 3.78. The van der Waals surface area contributed by atoms with Crippen LogP contribution in [0.3, 0.4) is 0 Å². The van der Waals surface area contributed by atoms with Crippen LogP contribution in [0.1, 0.15) is 45.4 Å². The summed E-state index contributed by atoms with van der Waals surface area (Å²) in [4.78, 5) is 24.2. The molecule has 1 aromatic heterocycles. The Morgan fingerprint density at radius 1 is 1.17 bits per heavy atom. The van der Waals surface area contributed by atoms with Gasteiger partial charge in [-0.25, -0.2) is 4.79 Å². The van der Waals surface area contributed by atoms with Gasteiger partial charge in [-0.15, -0.1) is 0 Å². The number of aryl methyl sites for hydroxylation is 1. The Morgan fingerprint density at radius 3 is 2.52 bits per heavy atom. The lowest BCUT2D eigenvalue weighted by Crippen LogP contribution is -2.15. The average molecular weight is 315 g/mol. The lowest BCUT2D eigenvalue weighted by Gasteiger charge is -2.08. The van der Waals surface area contributed by atoms with Gasteiger partial charge in [-0.1, -0.05) is 19.1 Å². The van der Waals surface area contributed by atoms with Gasteiger partial charge >= 0.3 is 5.97 Å². The van der Waals surface area contributed by atoms with Gasteiger partial charge in [-0.05, 0) is 38.5 Å². The van der Waals surface area contributed by atoms with E-state index in [9.17, 15) is 14.7 Å². The van der Waals surface area contributed by atoms with Crippen LogP contribution < -0.4 is 0 Å². The van der Waals surface area contributed by atoms with Gasteiger partial charge in [-0.2, -0.15) is 0 Å². The van der Waals surface area contributed by atoms with Crippen LogP contribution in [0.5, 0.6) is 5.75 Å². The van der Waals surface area contributed by atoms with E-state index in [1.165, 1.54) is 12.1 Å². The summed E-state index contributed by atoms with van der Waals surface area (Å²) < 4.78 is 7.11. The smallest absolute Gasteiger partial charge is 0.342 e. The fourth-order valence-electron chi connectivity index (χ4n) is 2.58. The van der Waals surface area contributed by atoms with Crippen LogP contribution in [0.2, 0.25) is 0 Å². The Bertz CT molecular complexity index is 731. The summed E-state index contributed by atoms with van der Waals surface area (Å²) >= 11 is 0. The van der Waals surface area contributed by atoms with Crippen molar-refractivity contribution in [2.75, 3.05) is 6.61 Å². The van der Waals surface area contributed by atoms with Crippen LogP contribution in [-0.4, -0.2) is 28.0 Å². The highest BCUT2D eigenvalue weighted by molar-refractivity contribution is 6.00. The number of nitrogens with zero attached hydrogens (tertiary/aromatic N) is 1. The van der Waals surface area contributed by atoms with Crippen LogP contribution in [0.4, 0.5) is 0 Å². The third-order valence-electron chi connectivity index (χ3n) is 3.78. The summed E-state index contributed by atoms with van der Waals surface area (Å²) in [6, 6.07) is 7.91. The second-order valence-electron chi connectivity index (χ2n) is 5.45. The molecule has 122 valence electrons. The van der Waals surface area contributed by atoms with Gasteiger partial charge in [0.1, 0.15) is 11.3 Å². The first-order chi connectivity index (χ1) is 11.0. The van der Waals surface area contributed by atoms with Crippen molar-refractivity contribution in [1.82, 2.24) is 4.57 Å². The number of carbonyl (C=O) groups excluding carboxylic acids is 2. The van der Waals surface area contributed by atoms with Crippen molar-refractivity contribution in [2.45, 2.75) is 33.7 Å². The Labute approximate surface area is 135 Å². The fourth-order valence-corrected chi connectivity index (χ4v) is 2.58. The molecule has 0 unspecified atom stereocenters. The van der Waals surface area contributed by atoms with E-state index in [1.54, 1.807) is 12.1 Å². The summed E-state index contributed by atoms with van der Waals surface area (Å²) in [7, 11) is 0. The second-order valence-corrected chi connectivity index (χ2v) is 5.45. The normalized spacial score (nSPS) is 10.6. The lowest BCUT2D eigenvalue weighted by atomic mass is 10.1. The number of ketones is 1. The van der Waals surface area contributed by atoms with Crippen molar-refractivity contribution in [3.8, 4) is 5.75 Å². The van der Waals surface area contributed by atoms with Crippen molar-refractivity contribution < 1.29 is 19.4 Å². The number of hydrogen-bond acceptors (Lipinski definition) is 4. The van der Waals surface area contributed by atoms with Crippen molar-refractivity contribution >= 4 is 11.8 Å². The molecule has 0 bridgehead atoms. The maximum absolute atomic E-state index is 12.3. The number of carbonyl (C=O) groups is 2. The minimum Gasteiger partial charge on any atom is -0.507 e. The van der Waals surface area contributed by atoms with E-state index in [1.807, 2.05) is 19.9 Å². The molecular formula is C18H21NO4. The van der Waals surface area contributed by atoms with Gasteiger partial charge in [-0.3, -0.25) is 4.79 Å². The zero-order chi connectivity index (χ0) is 17.0. The SMILES string of the molecule is CCCn1c(C)cc(C(=O)COC(=O)c2ccccc2O)c1C. The average Bonchev–Trinajstić information content (AvgIpc) is 2.81.